The fourth-order valence-corrected chi connectivity index (χ4v) is 3.08. The first-order valence-electron chi connectivity index (χ1n) is 7.69. The minimum atomic E-state index is 0.131. The highest BCUT2D eigenvalue weighted by atomic mass is 16.3. The van der Waals surface area contributed by atoms with Crippen molar-refractivity contribution < 1.29 is 9.21 Å². The number of carbonyl (C=O) groups excluding carboxylic acids is 1. The molecule has 4 nitrogen and oxygen atoms in total. The van der Waals surface area contributed by atoms with Crippen LogP contribution in [0.4, 0.5) is 0 Å². The smallest absolute Gasteiger partial charge is 0.227 e. The van der Waals surface area contributed by atoms with Gasteiger partial charge in [-0.3, -0.25) is 4.79 Å². The molecule has 1 aromatic rings. The van der Waals surface area contributed by atoms with Crippen molar-refractivity contribution in [1.82, 2.24) is 10.2 Å². The SMILES string of the molecule is CC1CC1c1ccc(CN(C)C(=O)[C@H]2CCCNC2)o1. The van der Waals surface area contributed by atoms with Crippen LogP contribution in [0.3, 0.4) is 0 Å². The van der Waals surface area contributed by atoms with E-state index in [0.717, 1.165) is 43.4 Å². The van der Waals surface area contributed by atoms with Gasteiger partial charge in [-0.05, 0) is 43.9 Å². The van der Waals surface area contributed by atoms with Crippen molar-refractivity contribution in [2.45, 2.75) is 38.6 Å². The van der Waals surface area contributed by atoms with E-state index in [9.17, 15) is 4.79 Å². The van der Waals surface area contributed by atoms with Gasteiger partial charge in [-0.15, -0.1) is 0 Å². The lowest BCUT2D eigenvalue weighted by molar-refractivity contribution is -0.135. The van der Waals surface area contributed by atoms with Crippen LogP contribution in [-0.2, 0) is 11.3 Å². The molecule has 3 atom stereocenters. The molecule has 1 aliphatic heterocycles. The van der Waals surface area contributed by atoms with Crippen LogP contribution in [0.25, 0.3) is 0 Å². The quantitative estimate of drug-likeness (QED) is 0.918. The van der Waals surface area contributed by atoms with Crippen molar-refractivity contribution in [3.05, 3.63) is 23.7 Å². The van der Waals surface area contributed by atoms with Crippen molar-refractivity contribution in [3.8, 4) is 0 Å². The zero-order valence-corrected chi connectivity index (χ0v) is 12.4. The first kappa shape index (κ1) is 13.7. The topological polar surface area (TPSA) is 45.5 Å². The van der Waals surface area contributed by atoms with Crippen molar-refractivity contribution >= 4 is 5.91 Å². The maximum atomic E-state index is 12.4. The summed E-state index contributed by atoms with van der Waals surface area (Å²) in [5.41, 5.74) is 0. The largest absolute Gasteiger partial charge is 0.464 e. The molecular formula is C16H24N2O2. The molecule has 0 spiro atoms. The lowest BCUT2D eigenvalue weighted by atomic mass is 9.98. The molecule has 1 N–H and O–H groups in total. The molecule has 0 bridgehead atoms. The van der Waals surface area contributed by atoms with Gasteiger partial charge in [-0.1, -0.05) is 6.92 Å². The molecule has 110 valence electrons. The van der Waals surface area contributed by atoms with Crippen molar-refractivity contribution in [1.29, 1.82) is 0 Å². The fourth-order valence-electron chi connectivity index (χ4n) is 3.08. The maximum Gasteiger partial charge on any atom is 0.227 e. The Morgan fingerprint density at radius 1 is 1.50 bits per heavy atom. The second kappa shape index (κ2) is 5.60. The third-order valence-electron chi connectivity index (χ3n) is 4.57. The molecule has 1 aromatic heterocycles. The predicted octanol–water partition coefficient (Wildman–Crippen LogP) is 2.36. The van der Waals surface area contributed by atoms with E-state index in [0.29, 0.717) is 12.5 Å². The van der Waals surface area contributed by atoms with Crippen LogP contribution in [0.1, 0.15) is 43.6 Å². The molecule has 1 amide bonds. The highest BCUT2D eigenvalue weighted by molar-refractivity contribution is 5.78. The molecule has 2 fully saturated rings. The average molecular weight is 276 g/mol. The number of amides is 1. The molecule has 0 aromatic carbocycles. The van der Waals surface area contributed by atoms with Gasteiger partial charge in [-0.2, -0.15) is 0 Å². The Kier molecular flexibility index (Phi) is 3.83. The van der Waals surface area contributed by atoms with Gasteiger partial charge in [-0.25, -0.2) is 0 Å². The summed E-state index contributed by atoms with van der Waals surface area (Å²) in [4.78, 5) is 14.2. The Balaban J connectivity index is 1.56. The molecule has 4 heteroatoms. The Bertz CT molecular complexity index is 477. The van der Waals surface area contributed by atoms with Gasteiger partial charge in [0.1, 0.15) is 11.5 Å². The van der Waals surface area contributed by atoms with Crippen LogP contribution in [0.15, 0.2) is 16.5 Å². The summed E-state index contributed by atoms with van der Waals surface area (Å²) in [6, 6.07) is 4.09. The van der Waals surface area contributed by atoms with E-state index in [1.807, 2.05) is 13.1 Å². The predicted molar refractivity (Wildman–Crippen MR) is 77.3 cm³/mol. The van der Waals surface area contributed by atoms with E-state index in [4.69, 9.17) is 4.42 Å². The first-order valence-corrected chi connectivity index (χ1v) is 7.69. The van der Waals surface area contributed by atoms with E-state index in [1.165, 1.54) is 6.42 Å². The van der Waals surface area contributed by atoms with Gasteiger partial charge in [0.05, 0.1) is 12.5 Å². The van der Waals surface area contributed by atoms with Gasteiger partial charge < -0.3 is 14.6 Å². The number of rotatable bonds is 4. The Morgan fingerprint density at radius 3 is 2.95 bits per heavy atom. The average Bonchev–Trinajstić information content (AvgIpc) is 3.01. The van der Waals surface area contributed by atoms with E-state index in [-0.39, 0.29) is 11.8 Å². The molecular weight excluding hydrogens is 252 g/mol. The lowest BCUT2D eigenvalue weighted by Crippen LogP contribution is -2.41. The van der Waals surface area contributed by atoms with E-state index in [2.05, 4.69) is 18.3 Å². The number of piperidine rings is 1. The molecule has 1 saturated heterocycles. The third kappa shape index (κ3) is 2.90. The summed E-state index contributed by atoms with van der Waals surface area (Å²) in [6.07, 6.45) is 3.32. The Labute approximate surface area is 120 Å². The summed E-state index contributed by atoms with van der Waals surface area (Å²) in [7, 11) is 1.87. The summed E-state index contributed by atoms with van der Waals surface area (Å²) in [5, 5.41) is 3.30. The molecule has 2 aliphatic rings. The Hall–Kier alpha value is -1.29. The van der Waals surface area contributed by atoms with Crippen molar-refractivity contribution in [2.24, 2.45) is 11.8 Å². The van der Waals surface area contributed by atoms with Gasteiger partial charge in [0.25, 0.3) is 0 Å². The molecule has 20 heavy (non-hydrogen) atoms. The van der Waals surface area contributed by atoms with Crippen LogP contribution < -0.4 is 5.32 Å². The molecule has 2 unspecified atom stereocenters. The van der Waals surface area contributed by atoms with Gasteiger partial charge in [0.2, 0.25) is 5.91 Å². The van der Waals surface area contributed by atoms with Crippen molar-refractivity contribution in [3.63, 3.8) is 0 Å². The van der Waals surface area contributed by atoms with Crippen LogP contribution >= 0.6 is 0 Å². The zero-order valence-electron chi connectivity index (χ0n) is 12.4. The monoisotopic (exact) mass is 276 g/mol. The van der Waals surface area contributed by atoms with E-state index in [1.54, 1.807) is 4.90 Å². The van der Waals surface area contributed by atoms with Crippen LogP contribution in [-0.4, -0.2) is 30.9 Å². The summed E-state index contributed by atoms with van der Waals surface area (Å²) < 4.78 is 5.88. The minimum Gasteiger partial charge on any atom is -0.464 e. The summed E-state index contributed by atoms with van der Waals surface area (Å²) >= 11 is 0. The van der Waals surface area contributed by atoms with Gasteiger partial charge in [0.15, 0.2) is 0 Å². The van der Waals surface area contributed by atoms with Crippen LogP contribution in [0.5, 0.6) is 0 Å². The number of nitrogens with zero attached hydrogens (tertiary/aromatic N) is 1. The summed E-state index contributed by atoms with van der Waals surface area (Å²) in [5.74, 6) is 3.71. The molecule has 0 radical (unpaired) electrons. The molecule has 1 aliphatic carbocycles. The molecule has 3 rings (SSSR count). The maximum absolute atomic E-state index is 12.4. The second-order valence-corrected chi connectivity index (χ2v) is 6.36. The number of hydrogen-bond acceptors (Lipinski definition) is 3. The van der Waals surface area contributed by atoms with Crippen LogP contribution in [0.2, 0.25) is 0 Å². The number of hydrogen-bond donors (Lipinski definition) is 1. The lowest BCUT2D eigenvalue weighted by Gasteiger charge is -2.26. The first-order chi connectivity index (χ1) is 9.65. The second-order valence-electron chi connectivity index (χ2n) is 6.36. The van der Waals surface area contributed by atoms with Gasteiger partial charge >= 0.3 is 0 Å². The molecule has 2 heterocycles. The number of nitrogens with one attached hydrogen (secondary N) is 1. The highest BCUT2D eigenvalue weighted by Crippen LogP contribution is 2.47. The van der Waals surface area contributed by atoms with E-state index < -0.39 is 0 Å². The van der Waals surface area contributed by atoms with Crippen LogP contribution in [0, 0.1) is 11.8 Å². The number of furan rings is 1. The molecule has 1 saturated carbocycles. The third-order valence-corrected chi connectivity index (χ3v) is 4.57. The zero-order chi connectivity index (χ0) is 14.1. The standard InChI is InChI=1S/C16H24N2O2/c1-11-8-14(11)15-6-5-13(20-15)10-18(2)16(19)12-4-3-7-17-9-12/h5-6,11-12,14,17H,3-4,7-10H2,1-2H3/t11?,12-,14?/m0/s1. The Morgan fingerprint density at radius 2 is 2.30 bits per heavy atom. The highest BCUT2D eigenvalue weighted by Gasteiger charge is 2.36. The fraction of sp³-hybridized carbons (Fsp3) is 0.688. The van der Waals surface area contributed by atoms with E-state index >= 15 is 0 Å². The minimum absolute atomic E-state index is 0.131. The van der Waals surface area contributed by atoms with Gasteiger partial charge in [0, 0.05) is 19.5 Å². The summed E-state index contributed by atoms with van der Waals surface area (Å²) in [6.45, 7) is 4.68. The van der Waals surface area contributed by atoms with Crippen molar-refractivity contribution in [2.75, 3.05) is 20.1 Å². The normalized spacial score (nSPS) is 29.2. The number of carbonyl (C=O) groups is 1.